The van der Waals surface area contributed by atoms with E-state index in [-0.39, 0.29) is 12.3 Å². The summed E-state index contributed by atoms with van der Waals surface area (Å²) in [5.74, 6) is -0.217. The van der Waals surface area contributed by atoms with Crippen molar-refractivity contribution < 1.29 is 18.0 Å². The van der Waals surface area contributed by atoms with E-state index in [1.807, 2.05) is 0 Å². The molecule has 3 rings (SSSR count). The van der Waals surface area contributed by atoms with E-state index in [0.717, 1.165) is 12.1 Å². The fraction of sp³-hybridized carbons (Fsp3) is 0.133. The van der Waals surface area contributed by atoms with Crippen molar-refractivity contribution in [1.82, 2.24) is 0 Å². The Morgan fingerprint density at radius 1 is 1.00 bits per heavy atom. The highest BCUT2D eigenvalue weighted by atomic mass is 19.4. The second-order valence-electron chi connectivity index (χ2n) is 4.58. The molecule has 1 aliphatic heterocycles. The summed E-state index contributed by atoms with van der Waals surface area (Å²) in [6.07, 6.45) is -4.29. The molecule has 0 aromatic heterocycles. The normalized spacial score (nSPS) is 14.6. The van der Waals surface area contributed by atoms with Crippen LogP contribution in [-0.4, -0.2) is 5.91 Å². The lowest BCUT2D eigenvalue weighted by Crippen LogP contribution is -2.20. The molecule has 2 nitrogen and oxygen atoms in total. The Labute approximate surface area is 113 Å². The van der Waals surface area contributed by atoms with E-state index < -0.39 is 11.7 Å². The highest BCUT2D eigenvalue weighted by Gasteiger charge is 2.35. The molecule has 2 aromatic rings. The minimum absolute atomic E-state index is 0.127. The molecule has 1 aliphatic rings. The Kier molecular flexibility index (Phi) is 2.78. The maximum absolute atomic E-state index is 12.8. The summed E-state index contributed by atoms with van der Waals surface area (Å²) >= 11 is 0. The number of alkyl halides is 3. The van der Waals surface area contributed by atoms with Gasteiger partial charge in [-0.2, -0.15) is 13.2 Å². The van der Waals surface area contributed by atoms with Gasteiger partial charge in [0.1, 0.15) is 0 Å². The number of carbonyl (C=O) groups excluding carboxylic acids is 1. The number of para-hydroxylation sites is 1. The van der Waals surface area contributed by atoms with E-state index in [4.69, 9.17) is 0 Å². The zero-order valence-electron chi connectivity index (χ0n) is 10.3. The molecule has 5 heteroatoms. The largest absolute Gasteiger partial charge is 0.416 e. The number of hydrogen-bond acceptors (Lipinski definition) is 1. The summed E-state index contributed by atoms with van der Waals surface area (Å²) < 4.78 is 38.3. The third-order valence-electron chi connectivity index (χ3n) is 3.26. The number of nitrogens with zero attached hydrogens (tertiary/aromatic N) is 1. The number of benzene rings is 2. The number of anilines is 2. The molecule has 20 heavy (non-hydrogen) atoms. The first-order chi connectivity index (χ1) is 9.47. The zero-order valence-corrected chi connectivity index (χ0v) is 10.3. The zero-order chi connectivity index (χ0) is 14.3. The number of hydrogen-bond donors (Lipinski definition) is 0. The summed E-state index contributed by atoms with van der Waals surface area (Å²) in [5.41, 5.74) is 0.769. The van der Waals surface area contributed by atoms with Crippen molar-refractivity contribution >= 4 is 17.3 Å². The van der Waals surface area contributed by atoms with Gasteiger partial charge in [-0.1, -0.05) is 24.3 Å². The Balaban J connectivity index is 2.11. The summed E-state index contributed by atoms with van der Waals surface area (Å²) in [4.78, 5) is 13.4. The molecule has 0 unspecified atom stereocenters. The van der Waals surface area contributed by atoms with Crippen LogP contribution in [0.5, 0.6) is 0 Å². The van der Waals surface area contributed by atoms with Crippen LogP contribution in [0.1, 0.15) is 11.1 Å². The van der Waals surface area contributed by atoms with Crippen molar-refractivity contribution in [2.45, 2.75) is 12.6 Å². The lowest BCUT2D eigenvalue weighted by Gasteiger charge is -2.18. The highest BCUT2D eigenvalue weighted by molar-refractivity contribution is 6.07. The molecule has 1 heterocycles. The highest BCUT2D eigenvalue weighted by Crippen LogP contribution is 2.39. The van der Waals surface area contributed by atoms with Crippen LogP contribution in [0.4, 0.5) is 24.5 Å². The molecule has 2 aromatic carbocycles. The standard InChI is InChI=1S/C15H10F3NO/c16-15(17,18)11-7-6-10-8-14(20)19(13(10)9-11)12-4-2-1-3-5-12/h1-7,9H,8H2. The summed E-state index contributed by atoms with van der Waals surface area (Å²) in [7, 11) is 0. The first kappa shape index (κ1) is 12.7. The van der Waals surface area contributed by atoms with E-state index in [1.165, 1.54) is 11.0 Å². The van der Waals surface area contributed by atoms with E-state index in [1.54, 1.807) is 30.3 Å². The van der Waals surface area contributed by atoms with E-state index in [9.17, 15) is 18.0 Å². The van der Waals surface area contributed by atoms with Crippen LogP contribution in [0.3, 0.4) is 0 Å². The summed E-state index contributed by atoms with van der Waals surface area (Å²) in [6.45, 7) is 0. The van der Waals surface area contributed by atoms with E-state index in [0.29, 0.717) is 16.9 Å². The number of fused-ring (bicyclic) bond motifs is 1. The van der Waals surface area contributed by atoms with Gasteiger partial charge in [0.25, 0.3) is 0 Å². The topological polar surface area (TPSA) is 20.3 Å². The molecule has 0 radical (unpaired) electrons. The van der Waals surface area contributed by atoms with Crippen LogP contribution >= 0.6 is 0 Å². The maximum atomic E-state index is 12.8. The van der Waals surface area contributed by atoms with Crippen LogP contribution in [-0.2, 0) is 17.4 Å². The minimum atomic E-state index is -4.41. The molecular formula is C15H10F3NO. The van der Waals surface area contributed by atoms with Gasteiger partial charge in [0.2, 0.25) is 5.91 Å². The SMILES string of the molecule is O=C1Cc2ccc(C(F)(F)F)cc2N1c1ccccc1. The fourth-order valence-corrected chi connectivity index (χ4v) is 2.33. The molecule has 1 amide bonds. The second kappa shape index (κ2) is 4.37. The molecular weight excluding hydrogens is 267 g/mol. The van der Waals surface area contributed by atoms with Crippen LogP contribution < -0.4 is 4.90 Å². The first-order valence-corrected chi connectivity index (χ1v) is 6.05. The van der Waals surface area contributed by atoms with E-state index >= 15 is 0 Å². The summed E-state index contributed by atoms with van der Waals surface area (Å²) in [5, 5.41) is 0. The molecule has 102 valence electrons. The van der Waals surface area contributed by atoms with Gasteiger partial charge in [0, 0.05) is 5.69 Å². The van der Waals surface area contributed by atoms with Gasteiger partial charge in [-0.15, -0.1) is 0 Å². The third kappa shape index (κ3) is 2.05. The molecule has 0 saturated carbocycles. The Morgan fingerprint density at radius 2 is 1.70 bits per heavy atom. The molecule has 0 bridgehead atoms. The van der Waals surface area contributed by atoms with Gasteiger partial charge < -0.3 is 0 Å². The van der Waals surface area contributed by atoms with Crippen LogP contribution in [0, 0.1) is 0 Å². The Hall–Kier alpha value is -2.30. The van der Waals surface area contributed by atoms with Crippen molar-refractivity contribution in [3.05, 3.63) is 59.7 Å². The average Bonchev–Trinajstić information content (AvgIpc) is 2.73. The number of carbonyl (C=O) groups is 1. The van der Waals surface area contributed by atoms with Gasteiger partial charge in [-0.25, -0.2) is 0 Å². The number of amides is 1. The molecule has 0 fully saturated rings. The lowest BCUT2D eigenvalue weighted by molar-refractivity contribution is -0.137. The first-order valence-electron chi connectivity index (χ1n) is 6.05. The van der Waals surface area contributed by atoms with Gasteiger partial charge in [0.15, 0.2) is 0 Å². The average molecular weight is 277 g/mol. The monoisotopic (exact) mass is 277 g/mol. The van der Waals surface area contributed by atoms with Gasteiger partial charge in [0.05, 0.1) is 17.7 Å². The molecule has 0 atom stereocenters. The number of halogens is 3. The molecule has 0 saturated heterocycles. The van der Waals surface area contributed by atoms with Gasteiger partial charge in [-0.3, -0.25) is 9.69 Å². The van der Waals surface area contributed by atoms with Crippen molar-refractivity contribution in [3.63, 3.8) is 0 Å². The molecule has 0 aliphatic carbocycles. The summed E-state index contributed by atoms with van der Waals surface area (Å²) in [6, 6.07) is 12.1. The van der Waals surface area contributed by atoms with Gasteiger partial charge >= 0.3 is 6.18 Å². The minimum Gasteiger partial charge on any atom is -0.280 e. The van der Waals surface area contributed by atoms with Crippen LogP contribution in [0.2, 0.25) is 0 Å². The van der Waals surface area contributed by atoms with Crippen LogP contribution in [0.25, 0.3) is 0 Å². The van der Waals surface area contributed by atoms with Gasteiger partial charge in [-0.05, 0) is 29.8 Å². The van der Waals surface area contributed by atoms with E-state index in [2.05, 4.69) is 0 Å². The predicted molar refractivity (Wildman–Crippen MR) is 68.7 cm³/mol. The van der Waals surface area contributed by atoms with Crippen LogP contribution in [0.15, 0.2) is 48.5 Å². The lowest BCUT2D eigenvalue weighted by atomic mass is 10.1. The molecule has 0 N–H and O–H groups in total. The third-order valence-corrected chi connectivity index (χ3v) is 3.26. The van der Waals surface area contributed by atoms with Crippen molar-refractivity contribution in [2.24, 2.45) is 0 Å². The van der Waals surface area contributed by atoms with Crippen molar-refractivity contribution in [3.8, 4) is 0 Å². The number of rotatable bonds is 1. The van der Waals surface area contributed by atoms with Crippen molar-refractivity contribution in [2.75, 3.05) is 4.90 Å². The quantitative estimate of drug-likeness (QED) is 0.773. The smallest absolute Gasteiger partial charge is 0.280 e. The Morgan fingerprint density at radius 3 is 2.35 bits per heavy atom. The van der Waals surface area contributed by atoms with Crippen molar-refractivity contribution in [1.29, 1.82) is 0 Å². The second-order valence-corrected chi connectivity index (χ2v) is 4.58. The predicted octanol–water partition coefficient (Wildman–Crippen LogP) is 3.93. The fourth-order valence-electron chi connectivity index (χ4n) is 2.33. The maximum Gasteiger partial charge on any atom is 0.416 e. The Bertz CT molecular complexity index is 665. The molecule has 0 spiro atoms.